The van der Waals surface area contributed by atoms with Crippen molar-refractivity contribution in [3.63, 3.8) is 0 Å². The van der Waals surface area contributed by atoms with Crippen LogP contribution in [0.4, 0.5) is 11.4 Å². The molecule has 1 aromatic carbocycles. The van der Waals surface area contributed by atoms with Gasteiger partial charge in [0.15, 0.2) is 0 Å². The molecular weight excluding hydrogens is 296 g/mol. The van der Waals surface area contributed by atoms with Crippen LogP contribution in [0, 0.1) is 16.0 Å². The van der Waals surface area contributed by atoms with E-state index in [9.17, 15) is 14.9 Å². The normalized spacial score (nSPS) is 18.0. The van der Waals surface area contributed by atoms with Crippen molar-refractivity contribution in [2.75, 3.05) is 31.5 Å². The summed E-state index contributed by atoms with van der Waals surface area (Å²) in [6, 6.07) is 6.13. The maximum atomic E-state index is 11.9. The van der Waals surface area contributed by atoms with Gasteiger partial charge in [-0.1, -0.05) is 12.1 Å². The Bertz CT molecular complexity index is 512. The van der Waals surface area contributed by atoms with E-state index in [1.54, 1.807) is 12.1 Å². The Labute approximate surface area is 129 Å². The van der Waals surface area contributed by atoms with E-state index in [1.165, 1.54) is 12.1 Å². The molecule has 2 rings (SSSR count). The predicted molar refractivity (Wildman–Crippen MR) is 82.6 cm³/mol. The maximum Gasteiger partial charge on any atom is 0.292 e. The van der Waals surface area contributed by atoms with E-state index in [1.807, 2.05) is 4.90 Å². The molecule has 1 aromatic rings. The van der Waals surface area contributed by atoms with E-state index >= 15 is 0 Å². The fourth-order valence-electron chi connectivity index (χ4n) is 2.38. The van der Waals surface area contributed by atoms with Gasteiger partial charge in [0.25, 0.3) is 5.69 Å². The van der Waals surface area contributed by atoms with Crippen molar-refractivity contribution in [3.05, 3.63) is 34.4 Å². The van der Waals surface area contributed by atoms with Crippen LogP contribution in [0.5, 0.6) is 0 Å². The number of nitro benzene ring substituents is 1. The minimum absolute atomic E-state index is 0. The average molecular weight is 315 g/mol. The highest BCUT2D eigenvalue weighted by Crippen LogP contribution is 2.23. The molecule has 8 heteroatoms. The number of halogens is 1. The SMILES string of the molecule is Cl.NCC1CCN(CC(=O)Nc2ccccc2[N+](=O)[O-])C1. The molecule has 1 aliphatic heterocycles. The standard InChI is InChI=1S/C13H18N4O3.ClH/c14-7-10-5-6-16(8-10)9-13(18)15-11-3-1-2-4-12(11)17(19)20;/h1-4,10H,5-9,14H2,(H,15,18);1H. The van der Waals surface area contributed by atoms with Crippen LogP contribution in [0.3, 0.4) is 0 Å². The number of hydrogen-bond acceptors (Lipinski definition) is 5. The van der Waals surface area contributed by atoms with Gasteiger partial charge >= 0.3 is 0 Å². The molecule has 0 radical (unpaired) electrons. The number of nitrogens with two attached hydrogens (primary N) is 1. The van der Waals surface area contributed by atoms with E-state index in [0.717, 1.165) is 19.5 Å². The molecule has 1 saturated heterocycles. The second-order valence-corrected chi connectivity index (χ2v) is 4.95. The minimum Gasteiger partial charge on any atom is -0.330 e. The Morgan fingerprint density at radius 2 is 2.19 bits per heavy atom. The van der Waals surface area contributed by atoms with Crippen LogP contribution in [-0.2, 0) is 4.79 Å². The zero-order valence-corrected chi connectivity index (χ0v) is 12.3. The van der Waals surface area contributed by atoms with Gasteiger partial charge in [-0.3, -0.25) is 19.8 Å². The summed E-state index contributed by atoms with van der Waals surface area (Å²) in [7, 11) is 0. The number of anilines is 1. The first-order chi connectivity index (χ1) is 9.60. The summed E-state index contributed by atoms with van der Waals surface area (Å²) >= 11 is 0. The van der Waals surface area contributed by atoms with Gasteiger partial charge < -0.3 is 11.1 Å². The smallest absolute Gasteiger partial charge is 0.292 e. The van der Waals surface area contributed by atoms with Crippen LogP contribution < -0.4 is 11.1 Å². The molecule has 0 aliphatic carbocycles. The number of nitro groups is 1. The summed E-state index contributed by atoms with van der Waals surface area (Å²) < 4.78 is 0. The highest BCUT2D eigenvalue weighted by atomic mass is 35.5. The molecule has 21 heavy (non-hydrogen) atoms. The van der Waals surface area contributed by atoms with Crippen LogP contribution in [0.2, 0.25) is 0 Å². The molecule has 1 heterocycles. The monoisotopic (exact) mass is 314 g/mol. The molecular formula is C13H19ClN4O3. The van der Waals surface area contributed by atoms with E-state index in [4.69, 9.17) is 5.73 Å². The molecule has 0 saturated carbocycles. The van der Waals surface area contributed by atoms with Crippen LogP contribution in [0.25, 0.3) is 0 Å². The topological polar surface area (TPSA) is 102 Å². The van der Waals surface area contributed by atoms with E-state index < -0.39 is 4.92 Å². The third-order valence-electron chi connectivity index (χ3n) is 3.45. The van der Waals surface area contributed by atoms with Crippen LogP contribution in [0.15, 0.2) is 24.3 Å². The van der Waals surface area contributed by atoms with Gasteiger partial charge in [-0.2, -0.15) is 0 Å². The average Bonchev–Trinajstić information content (AvgIpc) is 2.86. The van der Waals surface area contributed by atoms with Crippen molar-refractivity contribution in [1.82, 2.24) is 4.90 Å². The molecule has 0 bridgehead atoms. The second kappa shape index (κ2) is 7.92. The Balaban J connectivity index is 0.00000220. The molecule has 1 amide bonds. The lowest BCUT2D eigenvalue weighted by atomic mass is 10.1. The number of nitrogens with one attached hydrogen (secondary N) is 1. The lowest BCUT2D eigenvalue weighted by Crippen LogP contribution is -2.32. The number of para-hydroxylation sites is 2. The fourth-order valence-corrected chi connectivity index (χ4v) is 2.38. The zero-order chi connectivity index (χ0) is 14.5. The first-order valence-corrected chi connectivity index (χ1v) is 6.56. The van der Waals surface area contributed by atoms with Gasteiger partial charge in [-0.15, -0.1) is 12.4 Å². The zero-order valence-electron chi connectivity index (χ0n) is 11.5. The lowest BCUT2D eigenvalue weighted by Gasteiger charge is -2.15. The fraction of sp³-hybridized carbons (Fsp3) is 0.462. The van der Waals surface area contributed by atoms with Crippen molar-refractivity contribution in [3.8, 4) is 0 Å². The number of carbonyl (C=O) groups is 1. The van der Waals surface area contributed by atoms with Gasteiger partial charge in [0.1, 0.15) is 5.69 Å². The van der Waals surface area contributed by atoms with E-state index in [0.29, 0.717) is 12.5 Å². The number of benzene rings is 1. The molecule has 0 spiro atoms. The van der Waals surface area contributed by atoms with Crippen LogP contribution >= 0.6 is 12.4 Å². The van der Waals surface area contributed by atoms with Gasteiger partial charge in [0.05, 0.1) is 11.5 Å². The molecule has 1 fully saturated rings. The summed E-state index contributed by atoms with van der Waals surface area (Å²) in [6.07, 6.45) is 0.995. The van der Waals surface area contributed by atoms with Gasteiger partial charge in [0.2, 0.25) is 5.91 Å². The number of hydrogen-bond donors (Lipinski definition) is 2. The third-order valence-corrected chi connectivity index (χ3v) is 3.45. The van der Waals surface area contributed by atoms with Crippen molar-refractivity contribution < 1.29 is 9.72 Å². The molecule has 116 valence electrons. The number of amides is 1. The first-order valence-electron chi connectivity index (χ1n) is 6.56. The lowest BCUT2D eigenvalue weighted by molar-refractivity contribution is -0.383. The Hall–Kier alpha value is -1.70. The quantitative estimate of drug-likeness (QED) is 0.629. The highest BCUT2D eigenvalue weighted by Gasteiger charge is 2.23. The molecule has 1 unspecified atom stereocenters. The first kappa shape index (κ1) is 17.4. The van der Waals surface area contributed by atoms with Crippen LogP contribution in [-0.4, -0.2) is 41.9 Å². The van der Waals surface area contributed by atoms with Crippen molar-refractivity contribution in [2.24, 2.45) is 11.7 Å². The minimum atomic E-state index is -0.504. The number of rotatable bonds is 5. The van der Waals surface area contributed by atoms with Crippen molar-refractivity contribution >= 4 is 29.7 Å². The Morgan fingerprint density at radius 3 is 2.81 bits per heavy atom. The highest BCUT2D eigenvalue weighted by molar-refractivity contribution is 5.94. The number of likely N-dealkylation sites (tertiary alicyclic amines) is 1. The summed E-state index contributed by atoms with van der Waals surface area (Å²) in [6.45, 7) is 2.51. The Morgan fingerprint density at radius 1 is 1.48 bits per heavy atom. The van der Waals surface area contributed by atoms with E-state index in [-0.39, 0.29) is 36.2 Å². The summed E-state index contributed by atoms with van der Waals surface area (Å²) in [5, 5.41) is 13.5. The van der Waals surface area contributed by atoms with Gasteiger partial charge in [0, 0.05) is 12.6 Å². The van der Waals surface area contributed by atoms with Gasteiger partial charge in [-0.25, -0.2) is 0 Å². The Kier molecular flexibility index (Phi) is 6.54. The largest absolute Gasteiger partial charge is 0.330 e. The third kappa shape index (κ3) is 4.66. The molecule has 0 aromatic heterocycles. The number of nitrogens with zero attached hydrogens (tertiary/aromatic N) is 2. The molecule has 7 nitrogen and oxygen atoms in total. The van der Waals surface area contributed by atoms with Crippen molar-refractivity contribution in [2.45, 2.75) is 6.42 Å². The second-order valence-electron chi connectivity index (χ2n) is 4.95. The molecule has 1 aliphatic rings. The van der Waals surface area contributed by atoms with Gasteiger partial charge in [-0.05, 0) is 31.5 Å². The van der Waals surface area contributed by atoms with Crippen molar-refractivity contribution in [1.29, 1.82) is 0 Å². The summed E-state index contributed by atoms with van der Waals surface area (Å²) in [5.74, 6) is 0.200. The maximum absolute atomic E-state index is 11.9. The summed E-state index contributed by atoms with van der Waals surface area (Å²) in [4.78, 5) is 24.3. The number of carbonyl (C=O) groups excluding carboxylic acids is 1. The summed E-state index contributed by atoms with van der Waals surface area (Å²) in [5.41, 5.74) is 5.74. The molecule has 1 atom stereocenters. The predicted octanol–water partition coefficient (Wildman–Crippen LogP) is 1.24. The van der Waals surface area contributed by atoms with Crippen LogP contribution in [0.1, 0.15) is 6.42 Å². The molecule has 3 N–H and O–H groups in total. The van der Waals surface area contributed by atoms with E-state index in [2.05, 4.69) is 5.32 Å².